The molecule has 1 saturated heterocycles. The van der Waals surface area contributed by atoms with E-state index < -0.39 is 0 Å². The summed E-state index contributed by atoms with van der Waals surface area (Å²) in [5.41, 5.74) is 9.82. The third-order valence-corrected chi connectivity index (χ3v) is 4.80. The number of nitrogens with one attached hydrogen (secondary N) is 2. The molecule has 1 aliphatic heterocycles. The van der Waals surface area contributed by atoms with Crippen LogP contribution in [0.25, 0.3) is 6.08 Å². The molecule has 0 saturated carbocycles. The van der Waals surface area contributed by atoms with Crippen molar-refractivity contribution in [3.05, 3.63) is 77.4 Å². The van der Waals surface area contributed by atoms with Crippen LogP contribution in [-0.2, 0) is 4.79 Å². The van der Waals surface area contributed by atoms with Crippen molar-refractivity contribution in [2.45, 2.75) is 25.4 Å². The molecular weight excluding hydrogens is 338 g/mol. The molecule has 142 valence electrons. The van der Waals surface area contributed by atoms with E-state index in [1.807, 2.05) is 42.5 Å². The molecule has 0 aromatic heterocycles. The molecule has 1 heterocycles. The number of carbonyl (C=O) groups is 1. The first-order valence-electron chi connectivity index (χ1n) is 9.36. The third kappa shape index (κ3) is 5.26. The van der Waals surface area contributed by atoms with E-state index in [1.165, 1.54) is 11.1 Å². The molecule has 2 aromatic carbocycles. The summed E-state index contributed by atoms with van der Waals surface area (Å²) >= 11 is 0. The maximum Gasteiger partial charge on any atom is 0.241 e. The van der Waals surface area contributed by atoms with E-state index in [0.29, 0.717) is 19.5 Å². The van der Waals surface area contributed by atoms with Crippen LogP contribution in [0.3, 0.4) is 0 Å². The predicted molar refractivity (Wildman–Crippen MR) is 108 cm³/mol. The van der Waals surface area contributed by atoms with Crippen molar-refractivity contribution in [2.24, 2.45) is 0 Å². The smallest absolute Gasteiger partial charge is 0.241 e. The van der Waals surface area contributed by atoms with Gasteiger partial charge in [-0.2, -0.15) is 0 Å². The van der Waals surface area contributed by atoms with Crippen molar-refractivity contribution in [3.63, 3.8) is 0 Å². The third-order valence-electron chi connectivity index (χ3n) is 4.80. The van der Waals surface area contributed by atoms with Gasteiger partial charge in [-0.25, -0.2) is 10.9 Å². The summed E-state index contributed by atoms with van der Waals surface area (Å²) in [6, 6.07) is 18.1. The number of aryl methyl sites for hydroxylation is 1. The second-order valence-corrected chi connectivity index (χ2v) is 6.86. The number of rotatable bonds is 7. The Morgan fingerprint density at radius 3 is 2.59 bits per heavy atom. The van der Waals surface area contributed by atoms with Gasteiger partial charge in [-0.05, 0) is 24.5 Å². The van der Waals surface area contributed by atoms with E-state index in [2.05, 4.69) is 42.0 Å². The highest BCUT2D eigenvalue weighted by Gasteiger charge is 2.32. The van der Waals surface area contributed by atoms with Crippen LogP contribution in [0.15, 0.2) is 60.7 Å². The number of hydrazine groups is 1. The standard InChI is InChI=1S/C22H27N3O2/c1-17-9-11-19(12-10-17)20-16-21(24-23-20)22(27)25(14-15-26)13-5-8-18-6-3-2-4-7-18/h2-12,20-21,23-24,26H,13-16H2,1H3/b8-5+. The normalized spacial score (nSPS) is 19.5. The largest absolute Gasteiger partial charge is 0.395 e. The van der Waals surface area contributed by atoms with Crippen LogP contribution in [0.5, 0.6) is 0 Å². The minimum atomic E-state index is -0.298. The van der Waals surface area contributed by atoms with Crippen LogP contribution >= 0.6 is 0 Å². The molecule has 2 aromatic rings. The summed E-state index contributed by atoms with van der Waals surface area (Å²) in [5, 5.41) is 9.35. The monoisotopic (exact) mass is 365 g/mol. The fraction of sp³-hybridized carbons (Fsp3) is 0.318. The number of hydrogen-bond acceptors (Lipinski definition) is 4. The molecule has 3 N–H and O–H groups in total. The highest BCUT2D eigenvalue weighted by Crippen LogP contribution is 2.23. The van der Waals surface area contributed by atoms with Gasteiger partial charge in [-0.1, -0.05) is 72.3 Å². The Bertz CT molecular complexity index is 759. The Labute approximate surface area is 160 Å². The molecule has 2 unspecified atom stereocenters. The fourth-order valence-electron chi connectivity index (χ4n) is 3.25. The summed E-state index contributed by atoms with van der Waals surface area (Å²) in [5.74, 6) is 0.00359. The number of amides is 1. The molecule has 0 spiro atoms. The molecule has 1 fully saturated rings. The fourth-order valence-corrected chi connectivity index (χ4v) is 3.25. The van der Waals surface area contributed by atoms with E-state index in [1.54, 1.807) is 4.90 Å². The van der Waals surface area contributed by atoms with E-state index >= 15 is 0 Å². The Morgan fingerprint density at radius 1 is 1.15 bits per heavy atom. The van der Waals surface area contributed by atoms with Gasteiger partial charge in [0.2, 0.25) is 5.91 Å². The van der Waals surface area contributed by atoms with Crippen molar-refractivity contribution in [1.82, 2.24) is 15.8 Å². The van der Waals surface area contributed by atoms with Crippen LogP contribution in [-0.4, -0.2) is 41.7 Å². The lowest BCUT2D eigenvalue weighted by Gasteiger charge is -2.23. The lowest BCUT2D eigenvalue weighted by molar-refractivity contribution is -0.133. The molecule has 1 aliphatic rings. The average Bonchev–Trinajstić information content (AvgIpc) is 3.18. The highest BCUT2D eigenvalue weighted by atomic mass is 16.3. The number of nitrogens with zero attached hydrogens (tertiary/aromatic N) is 1. The van der Waals surface area contributed by atoms with Crippen molar-refractivity contribution >= 4 is 12.0 Å². The topological polar surface area (TPSA) is 64.6 Å². The van der Waals surface area contributed by atoms with Crippen molar-refractivity contribution in [1.29, 1.82) is 0 Å². The first-order chi connectivity index (χ1) is 13.2. The number of hydrogen-bond donors (Lipinski definition) is 3. The Kier molecular flexibility index (Phi) is 6.76. The number of aliphatic hydroxyl groups is 1. The molecule has 5 heteroatoms. The summed E-state index contributed by atoms with van der Waals surface area (Å²) in [6.07, 6.45) is 4.64. The van der Waals surface area contributed by atoms with Crippen molar-refractivity contribution in [3.8, 4) is 0 Å². The lowest BCUT2D eigenvalue weighted by atomic mass is 10.0. The maximum atomic E-state index is 12.9. The van der Waals surface area contributed by atoms with Gasteiger partial charge in [0.05, 0.1) is 6.61 Å². The zero-order chi connectivity index (χ0) is 19.1. The summed E-state index contributed by atoms with van der Waals surface area (Å²) < 4.78 is 0. The molecule has 0 radical (unpaired) electrons. The number of carbonyl (C=O) groups excluding carboxylic acids is 1. The number of benzene rings is 2. The van der Waals surface area contributed by atoms with Crippen LogP contribution in [0, 0.1) is 6.92 Å². The lowest BCUT2D eigenvalue weighted by Crippen LogP contribution is -2.46. The van der Waals surface area contributed by atoms with E-state index in [-0.39, 0.29) is 24.6 Å². The molecule has 0 aliphatic carbocycles. The molecular formula is C22H27N3O2. The van der Waals surface area contributed by atoms with Gasteiger partial charge in [0, 0.05) is 19.1 Å². The molecule has 0 bridgehead atoms. The van der Waals surface area contributed by atoms with Gasteiger partial charge in [0.25, 0.3) is 0 Å². The van der Waals surface area contributed by atoms with E-state index in [9.17, 15) is 9.90 Å². The predicted octanol–water partition coefficient (Wildman–Crippen LogP) is 2.44. The zero-order valence-corrected chi connectivity index (χ0v) is 15.6. The van der Waals surface area contributed by atoms with Crippen LogP contribution in [0.1, 0.15) is 29.2 Å². The highest BCUT2D eigenvalue weighted by molar-refractivity contribution is 5.82. The quantitative estimate of drug-likeness (QED) is 0.705. The Balaban J connectivity index is 1.59. The second-order valence-electron chi connectivity index (χ2n) is 6.86. The van der Waals surface area contributed by atoms with Gasteiger partial charge in [0.1, 0.15) is 6.04 Å². The average molecular weight is 365 g/mol. The molecule has 3 rings (SSSR count). The summed E-state index contributed by atoms with van der Waals surface area (Å²) in [7, 11) is 0. The van der Waals surface area contributed by atoms with E-state index in [4.69, 9.17) is 0 Å². The first-order valence-corrected chi connectivity index (χ1v) is 9.36. The molecule has 2 atom stereocenters. The summed E-state index contributed by atoms with van der Waals surface area (Å²) in [4.78, 5) is 14.6. The maximum absolute atomic E-state index is 12.9. The van der Waals surface area contributed by atoms with Gasteiger partial charge < -0.3 is 10.0 Å². The number of aliphatic hydroxyl groups excluding tert-OH is 1. The Hall–Kier alpha value is -2.47. The van der Waals surface area contributed by atoms with Crippen LogP contribution in [0.2, 0.25) is 0 Å². The molecule has 5 nitrogen and oxygen atoms in total. The SMILES string of the molecule is Cc1ccc(C2CC(C(=O)N(C/C=C/c3ccccc3)CCO)NN2)cc1. The van der Waals surface area contributed by atoms with Gasteiger partial charge in [-0.3, -0.25) is 4.79 Å². The van der Waals surface area contributed by atoms with Gasteiger partial charge in [-0.15, -0.1) is 0 Å². The summed E-state index contributed by atoms with van der Waals surface area (Å²) in [6.45, 7) is 2.81. The van der Waals surface area contributed by atoms with Gasteiger partial charge >= 0.3 is 0 Å². The van der Waals surface area contributed by atoms with Crippen LogP contribution in [0.4, 0.5) is 0 Å². The molecule has 1 amide bonds. The second kappa shape index (κ2) is 9.46. The Morgan fingerprint density at radius 2 is 1.89 bits per heavy atom. The molecule has 27 heavy (non-hydrogen) atoms. The minimum absolute atomic E-state index is 0.00359. The van der Waals surface area contributed by atoms with Crippen molar-refractivity contribution in [2.75, 3.05) is 19.7 Å². The van der Waals surface area contributed by atoms with Crippen molar-refractivity contribution < 1.29 is 9.90 Å². The van der Waals surface area contributed by atoms with Crippen LogP contribution < -0.4 is 10.9 Å². The van der Waals surface area contributed by atoms with E-state index in [0.717, 1.165) is 5.56 Å². The first kappa shape index (κ1) is 19.3. The van der Waals surface area contributed by atoms with Gasteiger partial charge in [0.15, 0.2) is 0 Å². The minimum Gasteiger partial charge on any atom is -0.395 e. The zero-order valence-electron chi connectivity index (χ0n) is 15.6.